The van der Waals surface area contributed by atoms with E-state index in [4.69, 9.17) is 5.73 Å². The third-order valence-corrected chi connectivity index (χ3v) is 6.48. The van der Waals surface area contributed by atoms with Crippen molar-refractivity contribution in [1.29, 1.82) is 0 Å². The molecule has 1 spiro atoms. The summed E-state index contributed by atoms with van der Waals surface area (Å²) in [7, 11) is 0. The first kappa shape index (κ1) is 17.3. The van der Waals surface area contributed by atoms with Gasteiger partial charge in [0.2, 0.25) is 11.8 Å². The van der Waals surface area contributed by atoms with Crippen LogP contribution < -0.4 is 10.6 Å². The molecule has 2 saturated heterocycles. The Morgan fingerprint density at radius 3 is 2.77 bits per heavy atom. The highest BCUT2D eigenvalue weighted by Gasteiger charge is 2.44. The van der Waals surface area contributed by atoms with Crippen LogP contribution in [0.15, 0.2) is 18.3 Å². The number of piperidine rings is 2. The monoisotopic (exact) mass is 356 g/mol. The van der Waals surface area contributed by atoms with Gasteiger partial charge in [-0.1, -0.05) is 12.8 Å². The topological polar surface area (TPSA) is 79.5 Å². The summed E-state index contributed by atoms with van der Waals surface area (Å²) in [5.74, 6) is 0.745. The molecule has 1 saturated carbocycles. The number of pyridine rings is 1. The van der Waals surface area contributed by atoms with E-state index in [9.17, 15) is 9.59 Å². The molecule has 1 aromatic heterocycles. The van der Waals surface area contributed by atoms with Crippen molar-refractivity contribution in [2.75, 3.05) is 24.5 Å². The first-order valence-electron chi connectivity index (χ1n) is 9.87. The first-order valence-corrected chi connectivity index (χ1v) is 9.87. The maximum absolute atomic E-state index is 12.5. The van der Waals surface area contributed by atoms with Gasteiger partial charge in [0.25, 0.3) is 0 Å². The SMILES string of the molecule is NC(=O)c1ccnc(N2CCC[C@]3(CCC(=O)N(C4CCCC4)C3)C2)c1. The average Bonchev–Trinajstić information content (AvgIpc) is 3.19. The molecular weight excluding hydrogens is 328 g/mol. The number of hydrogen-bond donors (Lipinski definition) is 1. The maximum Gasteiger partial charge on any atom is 0.248 e. The minimum atomic E-state index is -0.420. The summed E-state index contributed by atoms with van der Waals surface area (Å²) in [6, 6.07) is 3.91. The van der Waals surface area contributed by atoms with Crippen LogP contribution in [-0.2, 0) is 4.79 Å². The Kier molecular flexibility index (Phi) is 4.59. The Bertz CT molecular complexity index is 701. The normalized spacial score (nSPS) is 27.3. The lowest BCUT2D eigenvalue weighted by Crippen LogP contribution is -2.56. The van der Waals surface area contributed by atoms with Crippen molar-refractivity contribution in [3.8, 4) is 0 Å². The largest absolute Gasteiger partial charge is 0.366 e. The summed E-state index contributed by atoms with van der Waals surface area (Å²) in [6.45, 7) is 2.72. The van der Waals surface area contributed by atoms with Gasteiger partial charge in [-0.15, -0.1) is 0 Å². The van der Waals surface area contributed by atoms with Crippen LogP contribution >= 0.6 is 0 Å². The van der Waals surface area contributed by atoms with Crippen molar-refractivity contribution < 1.29 is 9.59 Å². The van der Waals surface area contributed by atoms with Crippen LogP contribution in [0, 0.1) is 5.41 Å². The summed E-state index contributed by atoms with van der Waals surface area (Å²) < 4.78 is 0. The third-order valence-electron chi connectivity index (χ3n) is 6.48. The zero-order valence-electron chi connectivity index (χ0n) is 15.3. The molecule has 2 aliphatic heterocycles. The average molecular weight is 356 g/mol. The molecule has 1 atom stereocenters. The Morgan fingerprint density at radius 2 is 2.00 bits per heavy atom. The van der Waals surface area contributed by atoms with Crippen molar-refractivity contribution in [3.05, 3.63) is 23.9 Å². The molecule has 0 radical (unpaired) electrons. The van der Waals surface area contributed by atoms with Crippen LogP contribution in [0.5, 0.6) is 0 Å². The maximum atomic E-state index is 12.5. The minimum Gasteiger partial charge on any atom is -0.366 e. The molecule has 1 aromatic rings. The summed E-state index contributed by atoms with van der Waals surface area (Å²) in [6.07, 6.45) is 10.4. The molecule has 6 nitrogen and oxygen atoms in total. The lowest BCUT2D eigenvalue weighted by atomic mass is 9.73. The molecule has 0 unspecified atom stereocenters. The van der Waals surface area contributed by atoms with E-state index < -0.39 is 5.91 Å². The number of rotatable bonds is 3. The standard InChI is InChI=1S/C20H28N4O2/c21-19(26)15-7-10-22-17(12-15)23-11-3-8-20(13-23)9-6-18(25)24(14-20)16-4-1-2-5-16/h7,10,12,16H,1-6,8-9,11,13-14H2,(H2,21,26)/t20-/m0/s1. The van der Waals surface area contributed by atoms with E-state index in [1.807, 2.05) is 0 Å². The van der Waals surface area contributed by atoms with Gasteiger partial charge in [0.1, 0.15) is 5.82 Å². The molecule has 3 heterocycles. The van der Waals surface area contributed by atoms with Crippen LogP contribution in [-0.4, -0.2) is 47.4 Å². The number of likely N-dealkylation sites (tertiary alicyclic amines) is 1. The molecule has 2 N–H and O–H groups in total. The Hall–Kier alpha value is -2.11. The zero-order chi connectivity index (χ0) is 18.1. The van der Waals surface area contributed by atoms with Crippen molar-refractivity contribution in [1.82, 2.24) is 9.88 Å². The van der Waals surface area contributed by atoms with Crippen molar-refractivity contribution in [2.45, 2.75) is 57.4 Å². The summed E-state index contributed by atoms with van der Waals surface area (Å²) >= 11 is 0. The van der Waals surface area contributed by atoms with Gasteiger partial charge in [-0.25, -0.2) is 4.98 Å². The molecule has 4 rings (SSSR count). The number of nitrogens with two attached hydrogens (primary N) is 1. The molecule has 0 aromatic carbocycles. The van der Waals surface area contributed by atoms with Gasteiger partial charge in [0.05, 0.1) is 0 Å². The van der Waals surface area contributed by atoms with E-state index >= 15 is 0 Å². The van der Waals surface area contributed by atoms with Crippen molar-refractivity contribution in [3.63, 3.8) is 0 Å². The van der Waals surface area contributed by atoms with Crippen LogP contribution in [0.3, 0.4) is 0 Å². The second-order valence-electron chi connectivity index (χ2n) is 8.25. The number of carbonyl (C=O) groups is 2. The number of aromatic nitrogens is 1. The van der Waals surface area contributed by atoms with E-state index in [0.717, 1.165) is 57.6 Å². The predicted molar refractivity (Wildman–Crippen MR) is 99.8 cm³/mol. The minimum absolute atomic E-state index is 0.152. The van der Waals surface area contributed by atoms with Gasteiger partial charge < -0.3 is 15.5 Å². The van der Waals surface area contributed by atoms with Gasteiger partial charge in [0, 0.05) is 49.3 Å². The number of primary amides is 1. The third kappa shape index (κ3) is 3.29. The lowest BCUT2D eigenvalue weighted by molar-refractivity contribution is -0.140. The molecule has 3 fully saturated rings. The van der Waals surface area contributed by atoms with Crippen LogP contribution in [0.2, 0.25) is 0 Å². The van der Waals surface area contributed by atoms with E-state index in [1.54, 1.807) is 18.3 Å². The summed E-state index contributed by atoms with van der Waals surface area (Å²) in [5, 5.41) is 0. The number of anilines is 1. The second-order valence-corrected chi connectivity index (χ2v) is 8.25. The van der Waals surface area contributed by atoms with E-state index in [-0.39, 0.29) is 5.41 Å². The highest BCUT2D eigenvalue weighted by Crippen LogP contribution is 2.41. The number of hydrogen-bond acceptors (Lipinski definition) is 4. The fourth-order valence-electron chi connectivity index (χ4n) is 5.07. The van der Waals surface area contributed by atoms with Crippen LogP contribution in [0.1, 0.15) is 61.7 Å². The fraction of sp³-hybridized carbons (Fsp3) is 0.650. The second kappa shape index (κ2) is 6.89. The first-order chi connectivity index (χ1) is 12.6. The van der Waals surface area contributed by atoms with Crippen LogP contribution in [0.25, 0.3) is 0 Å². The predicted octanol–water partition coefficient (Wildman–Crippen LogP) is 2.33. The Morgan fingerprint density at radius 1 is 1.19 bits per heavy atom. The smallest absolute Gasteiger partial charge is 0.248 e. The van der Waals surface area contributed by atoms with Gasteiger partial charge >= 0.3 is 0 Å². The van der Waals surface area contributed by atoms with E-state index in [0.29, 0.717) is 23.9 Å². The highest BCUT2D eigenvalue weighted by atomic mass is 16.2. The Balaban J connectivity index is 1.53. The number of amides is 2. The van der Waals surface area contributed by atoms with E-state index in [1.165, 1.54) is 12.8 Å². The zero-order valence-corrected chi connectivity index (χ0v) is 15.3. The molecule has 2 amide bonds. The Labute approximate surface area is 154 Å². The van der Waals surface area contributed by atoms with Gasteiger partial charge in [0.15, 0.2) is 0 Å². The molecule has 0 bridgehead atoms. The number of nitrogens with zero attached hydrogens (tertiary/aromatic N) is 3. The summed E-state index contributed by atoms with van der Waals surface area (Å²) in [4.78, 5) is 33.0. The van der Waals surface area contributed by atoms with Gasteiger partial charge in [-0.2, -0.15) is 0 Å². The fourth-order valence-corrected chi connectivity index (χ4v) is 5.07. The molecule has 3 aliphatic rings. The lowest BCUT2D eigenvalue weighted by Gasteiger charge is -2.50. The van der Waals surface area contributed by atoms with Crippen molar-refractivity contribution in [2.24, 2.45) is 11.1 Å². The van der Waals surface area contributed by atoms with Crippen molar-refractivity contribution >= 4 is 17.6 Å². The molecule has 26 heavy (non-hydrogen) atoms. The quantitative estimate of drug-likeness (QED) is 0.901. The van der Waals surface area contributed by atoms with Gasteiger partial charge in [-0.05, 0) is 44.2 Å². The number of carbonyl (C=O) groups excluding carboxylic acids is 2. The van der Waals surface area contributed by atoms with Crippen LogP contribution in [0.4, 0.5) is 5.82 Å². The molecule has 1 aliphatic carbocycles. The highest BCUT2D eigenvalue weighted by molar-refractivity contribution is 5.93. The summed E-state index contributed by atoms with van der Waals surface area (Å²) in [5.41, 5.74) is 6.08. The van der Waals surface area contributed by atoms with E-state index in [2.05, 4.69) is 14.8 Å². The molecule has 6 heteroatoms. The molecule has 140 valence electrons. The molecular formula is C20H28N4O2. The van der Waals surface area contributed by atoms with Gasteiger partial charge in [-0.3, -0.25) is 9.59 Å².